The van der Waals surface area contributed by atoms with E-state index < -0.39 is 14.9 Å². The van der Waals surface area contributed by atoms with Crippen molar-refractivity contribution in [2.24, 2.45) is 0 Å². The van der Waals surface area contributed by atoms with Crippen LogP contribution in [0.4, 0.5) is 11.4 Å². The first-order valence-electron chi connectivity index (χ1n) is 6.96. The summed E-state index contributed by atoms with van der Waals surface area (Å²) in [5.41, 5.74) is 1.23. The van der Waals surface area contributed by atoms with Gasteiger partial charge in [0.15, 0.2) is 0 Å². The maximum atomic E-state index is 13.0. The second-order valence-corrected chi connectivity index (χ2v) is 7.42. The smallest absolute Gasteiger partial charge is 0.266 e. The second-order valence-electron chi connectivity index (χ2n) is 5.18. The van der Waals surface area contributed by atoms with Gasteiger partial charge in [-0.25, -0.2) is 8.42 Å². The number of sulfonamides is 1. The Morgan fingerprint density at radius 1 is 1.17 bits per heavy atom. The summed E-state index contributed by atoms with van der Waals surface area (Å²) in [6.07, 6.45) is 1.48. The van der Waals surface area contributed by atoms with Crippen molar-refractivity contribution in [3.05, 3.63) is 63.2 Å². The lowest BCUT2D eigenvalue weighted by Crippen LogP contribution is -2.35. The van der Waals surface area contributed by atoms with Crippen molar-refractivity contribution < 1.29 is 13.3 Å². The SMILES string of the molecule is O=[N+]([O-])c1ccc(Cl)c(S(=O)(=O)N2CCCc3ccccc32)c1. The molecule has 2 aromatic rings. The number of para-hydroxylation sites is 1. The summed E-state index contributed by atoms with van der Waals surface area (Å²) in [6, 6.07) is 10.7. The molecule has 0 fully saturated rings. The largest absolute Gasteiger partial charge is 0.270 e. The molecular formula is C15H13ClN2O4S. The van der Waals surface area contributed by atoms with Gasteiger partial charge < -0.3 is 0 Å². The van der Waals surface area contributed by atoms with Crippen LogP contribution < -0.4 is 4.31 Å². The number of halogens is 1. The number of aryl methyl sites for hydroxylation is 1. The number of benzene rings is 2. The Balaban J connectivity index is 2.14. The van der Waals surface area contributed by atoms with Gasteiger partial charge in [-0.1, -0.05) is 29.8 Å². The molecule has 6 nitrogen and oxygen atoms in total. The topological polar surface area (TPSA) is 80.5 Å². The highest BCUT2D eigenvalue weighted by Crippen LogP contribution is 2.35. The van der Waals surface area contributed by atoms with Gasteiger partial charge in [0.2, 0.25) is 0 Å². The summed E-state index contributed by atoms with van der Waals surface area (Å²) >= 11 is 6.00. The minimum Gasteiger partial charge on any atom is -0.266 e. The number of anilines is 1. The molecule has 0 bridgehead atoms. The summed E-state index contributed by atoms with van der Waals surface area (Å²) in [6.45, 7) is 0.318. The van der Waals surface area contributed by atoms with Gasteiger partial charge in [-0.2, -0.15) is 0 Å². The van der Waals surface area contributed by atoms with Crippen LogP contribution in [0.1, 0.15) is 12.0 Å². The van der Waals surface area contributed by atoms with E-state index in [0.29, 0.717) is 18.7 Å². The lowest BCUT2D eigenvalue weighted by atomic mass is 10.0. The van der Waals surface area contributed by atoms with Crippen LogP contribution in [0.5, 0.6) is 0 Å². The number of nitro benzene ring substituents is 1. The second kappa shape index (κ2) is 5.82. The Morgan fingerprint density at radius 2 is 1.91 bits per heavy atom. The van der Waals surface area contributed by atoms with Crippen LogP contribution in [0, 0.1) is 10.1 Å². The number of hydrogen-bond donors (Lipinski definition) is 0. The van der Waals surface area contributed by atoms with Crippen molar-refractivity contribution in [3.63, 3.8) is 0 Å². The van der Waals surface area contributed by atoms with E-state index in [1.165, 1.54) is 16.4 Å². The van der Waals surface area contributed by atoms with Crippen LogP contribution >= 0.6 is 11.6 Å². The number of non-ortho nitro benzene ring substituents is 1. The first-order valence-corrected chi connectivity index (χ1v) is 8.77. The van der Waals surface area contributed by atoms with Crippen molar-refractivity contribution in [1.82, 2.24) is 0 Å². The Hall–Kier alpha value is -2.12. The molecule has 1 heterocycles. The molecule has 0 N–H and O–H groups in total. The summed E-state index contributed by atoms with van der Waals surface area (Å²) in [4.78, 5) is 10.0. The third-order valence-corrected chi connectivity index (χ3v) is 6.06. The summed E-state index contributed by atoms with van der Waals surface area (Å²) in [5, 5.41) is 10.9. The Morgan fingerprint density at radius 3 is 2.65 bits per heavy atom. The number of nitro groups is 1. The number of rotatable bonds is 3. The van der Waals surface area contributed by atoms with Crippen LogP contribution in [0.15, 0.2) is 47.4 Å². The third kappa shape index (κ3) is 2.77. The van der Waals surface area contributed by atoms with Gasteiger partial charge in [-0.3, -0.25) is 14.4 Å². The Kier molecular flexibility index (Phi) is 3.99. The molecule has 1 aliphatic rings. The van der Waals surface area contributed by atoms with Crippen LogP contribution in [0.3, 0.4) is 0 Å². The van der Waals surface area contributed by atoms with Crippen LogP contribution in [0.2, 0.25) is 5.02 Å². The van der Waals surface area contributed by atoms with E-state index in [1.54, 1.807) is 12.1 Å². The number of hydrogen-bond acceptors (Lipinski definition) is 4. The van der Waals surface area contributed by atoms with Gasteiger partial charge >= 0.3 is 0 Å². The molecule has 0 saturated heterocycles. The molecule has 0 atom stereocenters. The normalized spacial score (nSPS) is 14.4. The molecule has 0 unspecified atom stereocenters. The maximum absolute atomic E-state index is 13.0. The van der Waals surface area contributed by atoms with Gasteiger partial charge in [-0.15, -0.1) is 0 Å². The van der Waals surface area contributed by atoms with Gasteiger partial charge in [0.25, 0.3) is 15.7 Å². The van der Waals surface area contributed by atoms with E-state index >= 15 is 0 Å². The first kappa shape index (κ1) is 15.8. The molecule has 3 rings (SSSR count). The molecule has 0 aromatic heterocycles. The molecule has 0 saturated carbocycles. The minimum atomic E-state index is -3.97. The van der Waals surface area contributed by atoms with Crippen molar-refractivity contribution in [2.45, 2.75) is 17.7 Å². The predicted molar refractivity (Wildman–Crippen MR) is 87.4 cm³/mol. The van der Waals surface area contributed by atoms with Crippen molar-refractivity contribution >= 4 is 33.0 Å². The van der Waals surface area contributed by atoms with Gasteiger partial charge in [-0.05, 0) is 30.5 Å². The molecule has 1 aliphatic heterocycles. The molecule has 2 aromatic carbocycles. The van der Waals surface area contributed by atoms with Crippen LogP contribution in [-0.2, 0) is 16.4 Å². The number of fused-ring (bicyclic) bond motifs is 1. The minimum absolute atomic E-state index is 0.0290. The van der Waals surface area contributed by atoms with Crippen LogP contribution in [-0.4, -0.2) is 19.9 Å². The lowest BCUT2D eigenvalue weighted by molar-refractivity contribution is -0.385. The van der Waals surface area contributed by atoms with E-state index in [0.717, 1.165) is 18.1 Å². The van der Waals surface area contributed by atoms with E-state index in [4.69, 9.17) is 11.6 Å². The maximum Gasteiger partial charge on any atom is 0.270 e. The molecular weight excluding hydrogens is 340 g/mol. The van der Waals surface area contributed by atoms with Crippen molar-refractivity contribution in [2.75, 3.05) is 10.8 Å². The van der Waals surface area contributed by atoms with Gasteiger partial charge in [0.05, 0.1) is 15.6 Å². The quantitative estimate of drug-likeness (QED) is 0.626. The molecule has 0 amide bonds. The van der Waals surface area contributed by atoms with Crippen LogP contribution in [0.25, 0.3) is 0 Å². The zero-order valence-corrected chi connectivity index (χ0v) is 13.5. The van der Waals surface area contributed by atoms with E-state index in [-0.39, 0.29) is 15.6 Å². The molecule has 23 heavy (non-hydrogen) atoms. The Bertz CT molecular complexity index is 883. The highest BCUT2D eigenvalue weighted by atomic mass is 35.5. The zero-order valence-electron chi connectivity index (χ0n) is 12.0. The zero-order chi connectivity index (χ0) is 16.6. The fourth-order valence-electron chi connectivity index (χ4n) is 2.67. The van der Waals surface area contributed by atoms with E-state index in [1.807, 2.05) is 12.1 Å². The predicted octanol–water partition coefficient (Wildman–Crippen LogP) is 3.39. The van der Waals surface area contributed by atoms with Crippen molar-refractivity contribution in [1.29, 1.82) is 0 Å². The number of nitrogens with zero attached hydrogens (tertiary/aromatic N) is 2. The summed E-state index contributed by atoms with van der Waals surface area (Å²) < 4.78 is 27.2. The highest BCUT2D eigenvalue weighted by Gasteiger charge is 2.31. The molecule has 8 heteroatoms. The monoisotopic (exact) mass is 352 g/mol. The summed E-state index contributed by atoms with van der Waals surface area (Å²) in [5.74, 6) is 0. The first-order chi connectivity index (χ1) is 10.9. The average Bonchev–Trinajstić information content (AvgIpc) is 2.54. The van der Waals surface area contributed by atoms with E-state index in [2.05, 4.69) is 0 Å². The van der Waals surface area contributed by atoms with Gasteiger partial charge in [0.1, 0.15) is 4.90 Å². The summed E-state index contributed by atoms with van der Waals surface area (Å²) in [7, 11) is -3.97. The Labute approximate surface area is 138 Å². The third-order valence-electron chi connectivity index (χ3n) is 3.76. The van der Waals surface area contributed by atoms with Gasteiger partial charge in [0, 0.05) is 18.7 Å². The average molecular weight is 353 g/mol. The fraction of sp³-hybridized carbons (Fsp3) is 0.200. The lowest BCUT2D eigenvalue weighted by Gasteiger charge is -2.30. The molecule has 0 spiro atoms. The standard InChI is InChI=1S/C15H13ClN2O4S/c16-13-8-7-12(18(19)20)10-15(13)23(21,22)17-9-3-5-11-4-1-2-6-14(11)17/h1-2,4,6-8,10H,3,5,9H2. The molecule has 0 radical (unpaired) electrons. The van der Waals surface area contributed by atoms with Crippen molar-refractivity contribution in [3.8, 4) is 0 Å². The van der Waals surface area contributed by atoms with E-state index in [9.17, 15) is 18.5 Å². The fourth-order valence-corrected chi connectivity index (χ4v) is 4.71. The molecule has 120 valence electrons. The highest BCUT2D eigenvalue weighted by molar-refractivity contribution is 7.93. The molecule has 0 aliphatic carbocycles.